The summed E-state index contributed by atoms with van der Waals surface area (Å²) in [6, 6.07) is 0. The van der Waals surface area contributed by atoms with Crippen molar-refractivity contribution in [2.75, 3.05) is 19.8 Å². The lowest BCUT2D eigenvalue weighted by Gasteiger charge is -2.22. The highest BCUT2D eigenvalue weighted by atomic mass is 32.1. The summed E-state index contributed by atoms with van der Waals surface area (Å²) in [4.78, 5) is 0.915. The summed E-state index contributed by atoms with van der Waals surface area (Å²) in [6.45, 7) is 8.46. The van der Waals surface area contributed by atoms with Gasteiger partial charge in [0.15, 0.2) is 0 Å². The van der Waals surface area contributed by atoms with Crippen LogP contribution in [0.15, 0.2) is 24.3 Å². The van der Waals surface area contributed by atoms with Crippen molar-refractivity contribution < 1.29 is 0 Å². The molecule has 0 bridgehead atoms. The molecule has 3 nitrogen and oxygen atoms in total. The van der Waals surface area contributed by atoms with Crippen molar-refractivity contribution in [1.29, 1.82) is 0 Å². The van der Waals surface area contributed by atoms with Crippen LogP contribution in [0.3, 0.4) is 0 Å². The van der Waals surface area contributed by atoms with Crippen molar-refractivity contribution in [2.24, 2.45) is 0 Å². The predicted molar refractivity (Wildman–Crippen MR) is 73.1 cm³/mol. The molecule has 16 heavy (non-hydrogen) atoms. The Morgan fingerprint density at radius 1 is 1.69 bits per heavy atom. The monoisotopic (exact) mass is 239 g/mol. The lowest BCUT2D eigenvalue weighted by atomic mass is 10.1. The Morgan fingerprint density at radius 3 is 3.19 bits per heavy atom. The number of hydrogen-bond donors (Lipinski definition) is 2. The molecule has 0 radical (unpaired) electrons. The van der Waals surface area contributed by atoms with Crippen LogP contribution in [0.1, 0.15) is 26.2 Å². The average Bonchev–Trinajstić information content (AvgIpc) is 2.38. The van der Waals surface area contributed by atoms with Gasteiger partial charge in [-0.3, -0.25) is 0 Å². The minimum Gasteiger partial charge on any atom is -0.365 e. The number of thiocarbonyl (C=S) groups is 1. The molecule has 0 fully saturated rings. The second-order valence-corrected chi connectivity index (χ2v) is 4.34. The van der Waals surface area contributed by atoms with E-state index in [0.717, 1.165) is 44.0 Å². The highest BCUT2D eigenvalue weighted by molar-refractivity contribution is 7.80. The number of hydrazine groups is 1. The Morgan fingerprint density at radius 2 is 2.50 bits per heavy atom. The maximum atomic E-state index is 5.25. The van der Waals surface area contributed by atoms with E-state index in [4.69, 9.17) is 12.2 Å². The molecule has 0 saturated carbocycles. The quantitative estimate of drug-likeness (QED) is 0.579. The SMILES string of the molecule is C=CCNN1CC/C(CC)=C\CC(=S)NC1. The largest absolute Gasteiger partial charge is 0.365 e. The fraction of sp³-hybridized carbons (Fsp3) is 0.583. The van der Waals surface area contributed by atoms with Gasteiger partial charge in [0.25, 0.3) is 0 Å². The van der Waals surface area contributed by atoms with E-state index in [-0.39, 0.29) is 0 Å². The topological polar surface area (TPSA) is 27.3 Å². The van der Waals surface area contributed by atoms with Gasteiger partial charge >= 0.3 is 0 Å². The molecule has 0 amide bonds. The summed E-state index contributed by atoms with van der Waals surface area (Å²) < 4.78 is 0. The highest BCUT2D eigenvalue weighted by Gasteiger charge is 2.08. The molecule has 0 aromatic rings. The Labute approximate surface area is 104 Å². The lowest BCUT2D eigenvalue weighted by molar-refractivity contribution is 0.195. The molecular formula is C12H21N3S. The van der Waals surface area contributed by atoms with Gasteiger partial charge in [-0.25, -0.2) is 10.4 Å². The van der Waals surface area contributed by atoms with Crippen molar-refractivity contribution >= 4 is 17.2 Å². The first-order chi connectivity index (χ1) is 7.76. The van der Waals surface area contributed by atoms with E-state index in [0.29, 0.717) is 0 Å². The first kappa shape index (κ1) is 13.4. The zero-order valence-electron chi connectivity index (χ0n) is 9.96. The third-order valence-electron chi connectivity index (χ3n) is 2.66. The van der Waals surface area contributed by atoms with Gasteiger partial charge in [-0.05, 0) is 12.8 Å². The molecule has 1 aliphatic rings. The number of hydrogen-bond acceptors (Lipinski definition) is 3. The van der Waals surface area contributed by atoms with Crippen LogP contribution in [-0.4, -0.2) is 29.8 Å². The molecule has 0 aromatic carbocycles. The van der Waals surface area contributed by atoms with Crippen molar-refractivity contribution in [2.45, 2.75) is 26.2 Å². The van der Waals surface area contributed by atoms with Gasteiger partial charge in [0.1, 0.15) is 0 Å². The van der Waals surface area contributed by atoms with Crippen molar-refractivity contribution in [1.82, 2.24) is 15.8 Å². The summed E-state index contributed by atoms with van der Waals surface area (Å²) in [5, 5.41) is 5.40. The normalized spacial score (nSPS) is 22.3. The lowest BCUT2D eigenvalue weighted by Crippen LogP contribution is -2.45. The number of nitrogens with one attached hydrogen (secondary N) is 2. The Kier molecular flexibility index (Phi) is 6.30. The third kappa shape index (κ3) is 4.88. The Balaban J connectivity index is 2.54. The van der Waals surface area contributed by atoms with Crippen molar-refractivity contribution in [3.8, 4) is 0 Å². The predicted octanol–water partition coefficient (Wildman–Crippen LogP) is 1.98. The zero-order valence-corrected chi connectivity index (χ0v) is 10.8. The maximum Gasteiger partial charge on any atom is 0.0816 e. The fourth-order valence-electron chi connectivity index (χ4n) is 1.60. The second kappa shape index (κ2) is 7.54. The van der Waals surface area contributed by atoms with Gasteiger partial charge in [0.2, 0.25) is 0 Å². The summed E-state index contributed by atoms with van der Waals surface area (Å²) in [7, 11) is 0. The fourth-order valence-corrected chi connectivity index (χ4v) is 1.75. The molecule has 4 heteroatoms. The van der Waals surface area contributed by atoms with Crippen LogP contribution in [0.4, 0.5) is 0 Å². The van der Waals surface area contributed by atoms with Crippen LogP contribution in [0.2, 0.25) is 0 Å². The van der Waals surface area contributed by atoms with Gasteiger partial charge in [-0.2, -0.15) is 0 Å². The first-order valence-corrected chi connectivity index (χ1v) is 6.21. The van der Waals surface area contributed by atoms with Crippen molar-refractivity contribution in [3.05, 3.63) is 24.3 Å². The van der Waals surface area contributed by atoms with Gasteiger partial charge in [0, 0.05) is 19.5 Å². The third-order valence-corrected chi connectivity index (χ3v) is 2.97. The van der Waals surface area contributed by atoms with Crippen LogP contribution >= 0.6 is 12.2 Å². The first-order valence-electron chi connectivity index (χ1n) is 5.80. The number of rotatable bonds is 4. The molecule has 0 aromatic heterocycles. The molecule has 1 heterocycles. The van der Waals surface area contributed by atoms with Crippen LogP contribution in [-0.2, 0) is 0 Å². The van der Waals surface area contributed by atoms with E-state index in [2.05, 4.69) is 35.3 Å². The van der Waals surface area contributed by atoms with Gasteiger partial charge < -0.3 is 5.32 Å². The van der Waals surface area contributed by atoms with Crippen LogP contribution in [0.25, 0.3) is 0 Å². The van der Waals surface area contributed by atoms with E-state index in [9.17, 15) is 0 Å². The Hall–Kier alpha value is -0.710. The van der Waals surface area contributed by atoms with Gasteiger partial charge in [-0.15, -0.1) is 6.58 Å². The molecular weight excluding hydrogens is 218 g/mol. The maximum absolute atomic E-state index is 5.25. The van der Waals surface area contributed by atoms with E-state index in [1.165, 1.54) is 5.57 Å². The molecule has 0 saturated heterocycles. The van der Waals surface area contributed by atoms with Crippen LogP contribution in [0, 0.1) is 0 Å². The van der Waals surface area contributed by atoms with Gasteiger partial charge in [-0.1, -0.05) is 36.9 Å². The molecule has 0 unspecified atom stereocenters. The molecule has 0 aliphatic carbocycles. The summed E-state index contributed by atoms with van der Waals surface area (Å²) in [5.74, 6) is 0. The van der Waals surface area contributed by atoms with E-state index in [1.54, 1.807) is 0 Å². The Bertz CT molecular complexity index is 273. The zero-order chi connectivity index (χ0) is 11.8. The molecule has 1 aliphatic heterocycles. The minimum atomic E-state index is 0.761. The van der Waals surface area contributed by atoms with Crippen molar-refractivity contribution in [3.63, 3.8) is 0 Å². The number of nitrogens with zero attached hydrogens (tertiary/aromatic N) is 1. The summed E-state index contributed by atoms with van der Waals surface area (Å²) >= 11 is 5.25. The van der Waals surface area contributed by atoms with E-state index < -0.39 is 0 Å². The van der Waals surface area contributed by atoms with Crippen LogP contribution in [0.5, 0.6) is 0 Å². The van der Waals surface area contributed by atoms with E-state index in [1.807, 2.05) is 6.08 Å². The minimum absolute atomic E-state index is 0.761. The van der Waals surface area contributed by atoms with E-state index >= 15 is 0 Å². The summed E-state index contributed by atoms with van der Waals surface area (Å²) in [5.41, 5.74) is 4.78. The molecule has 2 N–H and O–H groups in total. The molecule has 90 valence electrons. The highest BCUT2D eigenvalue weighted by Crippen LogP contribution is 2.09. The van der Waals surface area contributed by atoms with Gasteiger partial charge in [0.05, 0.1) is 11.7 Å². The average molecular weight is 239 g/mol. The van der Waals surface area contributed by atoms with Crippen LogP contribution < -0.4 is 10.7 Å². The molecule has 0 atom stereocenters. The second-order valence-electron chi connectivity index (χ2n) is 3.84. The smallest absolute Gasteiger partial charge is 0.0816 e. The summed E-state index contributed by atoms with van der Waals surface area (Å²) in [6.07, 6.45) is 7.20. The molecule has 1 rings (SSSR count). The standard InChI is InChI=1S/C12H21N3S/c1-3-8-14-15-9-7-11(4-2)5-6-12(16)13-10-15/h3,5,14H,1,4,6-10H2,2H3,(H,13,16)/b11-5-. The molecule has 0 spiro atoms.